The van der Waals surface area contributed by atoms with Crippen molar-refractivity contribution in [1.29, 1.82) is 0 Å². The second kappa shape index (κ2) is 6.27. The van der Waals surface area contributed by atoms with Crippen LogP contribution in [-0.4, -0.2) is 41.5 Å². The predicted octanol–water partition coefficient (Wildman–Crippen LogP) is 3.25. The minimum Gasteiger partial charge on any atom is -0.325 e. The molecule has 0 radical (unpaired) electrons. The van der Waals surface area contributed by atoms with Crippen molar-refractivity contribution in [2.24, 2.45) is 0 Å². The van der Waals surface area contributed by atoms with Gasteiger partial charge in [0.05, 0.1) is 0 Å². The van der Waals surface area contributed by atoms with Crippen molar-refractivity contribution in [3.05, 3.63) is 0 Å². The van der Waals surface area contributed by atoms with Crippen LogP contribution in [0, 0.1) is 0 Å². The number of urea groups is 1. The molecule has 0 spiro atoms. The number of amides is 2. The van der Waals surface area contributed by atoms with Crippen LogP contribution in [0.25, 0.3) is 0 Å². The van der Waals surface area contributed by atoms with E-state index in [0.29, 0.717) is 12.1 Å². The van der Waals surface area contributed by atoms with Gasteiger partial charge in [0.1, 0.15) is 0 Å². The van der Waals surface area contributed by atoms with Crippen LogP contribution >= 0.6 is 0 Å². The van der Waals surface area contributed by atoms with Crippen LogP contribution in [0.3, 0.4) is 0 Å². The minimum atomic E-state index is 0.307. The number of hydrogen-bond donors (Lipinski definition) is 0. The first-order valence-corrected chi connectivity index (χ1v) is 7.34. The summed E-state index contributed by atoms with van der Waals surface area (Å²) in [5, 5.41) is 0. The summed E-state index contributed by atoms with van der Waals surface area (Å²) in [6.45, 7) is 5.13. The summed E-state index contributed by atoms with van der Waals surface area (Å²) < 4.78 is 0. The molecule has 1 atom stereocenters. The molecule has 2 saturated heterocycles. The molecule has 0 aromatic heterocycles. The summed E-state index contributed by atoms with van der Waals surface area (Å²) in [6, 6.07) is 0.745. The zero-order valence-electron chi connectivity index (χ0n) is 11.2. The van der Waals surface area contributed by atoms with Gasteiger partial charge in [0.15, 0.2) is 0 Å². The smallest absolute Gasteiger partial charge is 0.320 e. The molecule has 2 fully saturated rings. The van der Waals surface area contributed by atoms with E-state index >= 15 is 0 Å². The van der Waals surface area contributed by atoms with Gasteiger partial charge in [-0.3, -0.25) is 0 Å². The second-order valence-corrected chi connectivity index (χ2v) is 5.58. The molecule has 1 unspecified atom stereocenters. The summed E-state index contributed by atoms with van der Waals surface area (Å²) >= 11 is 0. The topological polar surface area (TPSA) is 23.6 Å². The number of nitrogens with zero attached hydrogens (tertiary/aromatic N) is 2. The van der Waals surface area contributed by atoms with Gasteiger partial charge in [-0.1, -0.05) is 25.7 Å². The summed E-state index contributed by atoms with van der Waals surface area (Å²) in [7, 11) is 0. The third kappa shape index (κ3) is 3.36. The third-order valence-corrected chi connectivity index (χ3v) is 4.18. The highest BCUT2D eigenvalue weighted by molar-refractivity contribution is 5.74. The van der Waals surface area contributed by atoms with Gasteiger partial charge in [-0.25, -0.2) is 4.79 Å². The first-order chi connectivity index (χ1) is 8.29. The van der Waals surface area contributed by atoms with Crippen molar-refractivity contribution in [3.8, 4) is 0 Å². The van der Waals surface area contributed by atoms with Gasteiger partial charge in [-0.2, -0.15) is 0 Å². The molecule has 2 aliphatic rings. The molecule has 0 N–H and O–H groups in total. The Labute approximate surface area is 105 Å². The van der Waals surface area contributed by atoms with Crippen LogP contribution < -0.4 is 0 Å². The summed E-state index contributed by atoms with van der Waals surface area (Å²) in [5.41, 5.74) is 0. The Hall–Kier alpha value is -0.730. The maximum absolute atomic E-state index is 12.5. The molecule has 2 aliphatic heterocycles. The van der Waals surface area contributed by atoms with E-state index in [9.17, 15) is 4.79 Å². The number of carbonyl (C=O) groups excluding carboxylic acids is 1. The summed E-state index contributed by atoms with van der Waals surface area (Å²) in [5.74, 6) is 0. The molecule has 3 heteroatoms. The van der Waals surface area contributed by atoms with Gasteiger partial charge in [0.2, 0.25) is 0 Å². The Bertz CT molecular complexity index is 247. The molecule has 3 nitrogen and oxygen atoms in total. The summed E-state index contributed by atoms with van der Waals surface area (Å²) in [6.07, 6.45) is 9.89. The van der Waals surface area contributed by atoms with Crippen molar-refractivity contribution in [1.82, 2.24) is 9.80 Å². The highest BCUT2D eigenvalue weighted by Crippen LogP contribution is 2.19. The summed E-state index contributed by atoms with van der Waals surface area (Å²) in [4.78, 5) is 16.7. The Morgan fingerprint density at radius 3 is 2.18 bits per heavy atom. The van der Waals surface area contributed by atoms with Crippen molar-refractivity contribution < 1.29 is 4.79 Å². The maximum Gasteiger partial charge on any atom is 0.320 e. The molecule has 0 saturated carbocycles. The first-order valence-electron chi connectivity index (χ1n) is 7.34. The number of rotatable bonds is 0. The van der Waals surface area contributed by atoms with Crippen LogP contribution in [0.15, 0.2) is 0 Å². The quantitative estimate of drug-likeness (QED) is 0.635. The predicted molar refractivity (Wildman–Crippen MR) is 70.1 cm³/mol. The monoisotopic (exact) mass is 238 g/mol. The lowest BCUT2D eigenvalue weighted by Crippen LogP contribution is -2.47. The molecule has 2 heterocycles. The number of likely N-dealkylation sites (tertiary alicyclic amines) is 2. The molecular formula is C14H26N2O. The zero-order valence-corrected chi connectivity index (χ0v) is 11.2. The second-order valence-electron chi connectivity index (χ2n) is 5.58. The SMILES string of the molecule is CC1CCCCCN1C(=O)N1CCCCCC1. The lowest BCUT2D eigenvalue weighted by molar-refractivity contribution is 0.139. The normalized spacial score (nSPS) is 27.5. The molecular weight excluding hydrogens is 212 g/mol. The third-order valence-electron chi connectivity index (χ3n) is 4.18. The highest BCUT2D eigenvalue weighted by atomic mass is 16.2. The Morgan fingerprint density at radius 1 is 0.882 bits per heavy atom. The van der Waals surface area contributed by atoms with E-state index in [1.807, 2.05) is 0 Å². The van der Waals surface area contributed by atoms with Crippen molar-refractivity contribution in [2.45, 2.75) is 64.3 Å². The Morgan fingerprint density at radius 2 is 1.47 bits per heavy atom. The number of carbonyl (C=O) groups is 1. The van der Waals surface area contributed by atoms with E-state index in [2.05, 4.69) is 16.7 Å². The molecule has 0 aromatic rings. The Balaban J connectivity index is 1.96. The average Bonchev–Trinajstić information content (AvgIpc) is 2.70. The van der Waals surface area contributed by atoms with Gasteiger partial charge in [0.25, 0.3) is 0 Å². The van der Waals surface area contributed by atoms with Gasteiger partial charge in [-0.15, -0.1) is 0 Å². The van der Waals surface area contributed by atoms with Crippen molar-refractivity contribution in [2.75, 3.05) is 19.6 Å². The first kappa shape index (κ1) is 12.7. The van der Waals surface area contributed by atoms with E-state index in [1.54, 1.807) is 0 Å². The van der Waals surface area contributed by atoms with E-state index in [4.69, 9.17) is 0 Å². The molecule has 0 bridgehead atoms. The van der Waals surface area contributed by atoms with E-state index in [0.717, 1.165) is 19.6 Å². The van der Waals surface area contributed by atoms with Crippen LogP contribution in [0.5, 0.6) is 0 Å². The van der Waals surface area contributed by atoms with Crippen LogP contribution in [0.2, 0.25) is 0 Å². The fourth-order valence-corrected chi connectivity index (χ4v) is 3.00. The molecule has 17 heavy (non-hydrogen) atoms. The fourth-order valence-electron chi connectivity index (χ4n) is 3.00. The standard InChI is InChI=1S/C14H26N2O/c1-13-9-5-4-8-12-16(13)14(17)15-10-6-2-3-7-11-15/h13H,2-12H2,1H3. The lowest BCUT2D eigenvalue weighted by Gasteiger charge is -2.33. The molecule has 2 amide bonds. The maximum atomic E-state index is 12.5. The van der Waals surface area contributed by atoms with Gasteiger partial charge < -0.3 is 9.80 Å². The Kier molecular flexibility index (Phi) is 4.69. The van der Waals surface area contributed by atoms with Crippen molar-refractivity contribution >= 4 is 6.03 Å². The highest BCUT2D eigenvalue weighted by Gasteiger charge is 2.26. The van der Waals surface area contributed by atoms with E-state index in [-0.39, 0.29) is 0 Å². The molecule has 0 aromatic carbocycles. The van der Waals surface area contributed by atoms with Crippen LogP contribution in [-0.2, 0) is 0 Å². The largest absolute Gasteiger partial charge is 0.325 e. The number of hydrogen-bond acceptors (Lipinski definition) is 1. The van der Waals surface area contributed by atoms with Crippen LogP contribution in [0.1, 0.15) is 58.3 Å². The van der Waals surface area contributed by atoms with Crippen LogP contribution in [0.4, 0.5) is 4.79 Å². The van der Waals surface area contributed by atoms with E-state index < -0.39 is 0 Å². The molecule has 0 aliphatic carbocycles. The van der Waals surface area contributed by atoms with Crippen molar-refractivity contribution in [3.63, 3.8) is 0 Å². The van der Waals surface area contributed by atoms with Gasteiger partial charge >= 0.3 is 6.03 Å². The zero-order chi connectivity index (χ0) is 12.1. The lowest BCUT2D eigenvalue weighted by atomic mass is 10.1. The van der Waals surface area contributed by atoms with Gasteiger partial charge in [-0.05, 0) is 32.6 Å². The molecule has 98 valence electrons. The average molecular weight is 238 g/mol. The fraction of sp³-hybridized carbons (Fsp3) is 0.929. The van der Waals surface area contributed by atoms with Gasteiger partial charge in [0, 0.05) is 25.7 Å². The minimum absolute atomic E-state index is 0.307. The molecule has 2 rings (SSSR count). The van der Waals surface area contributed by atoms with E-state index in [1.165, 1.54) is 51.4 Å².